The summed E-state index contributed by atoms with van der Waals surface area (Å²) < 4.78 is 0.995. The molecule has 2 rings (SSSR count). The van der Waals surface area contributed by atoms with Gasteiger partial charge >= 0.3 is 0 Å². The van der Waals surface area contributed by atoms with Crippen LogP contribution in [0.2, 0.25) is 5.02 Å². The highest BCUT2D eigenvalue weighted by Gasteiger charge is 2.03. The van der Waals surface area contributed by atoms with Crippen molar-refractivity contribution in [2.24, 2.45) is 0 Å². The quantitative estimate of drug-likeness (QED) is 0.685. The normalized spacial score (nSPS) is 10.5. The van der Waals surface area contributed by atoms with Crippen LogP contribution in [0.3, 0.4) is 0 Å². The molecule has 0 aromatic heterocycles. The Bertz CT molecular complexity index is 636. The average molecular weight is 399 g/mol. The lowest BCUT2D eigenvalue weighted by atomic mass is 10.1. The number of halogens is 2. The molecule has 5 heteroatoms. The minimum Gasteiger partial charge on any atom is -0.355 e. The number of benzene rings is 2. The third-order valence-corrected chi connectivity index (χ3v) is 4.74. The number of amides is 1. The van der Waals surface area contributed by atoms with E-state index in [1.807, 2.05) is 42.5 Å². The SMILES string of the molecule is O=C(Cc1cccc(Br)c1)NCCSCc1cccc(Cl)c1. The first-order chi connectivity index (χ1) is 10.6. The van der Waals surface area contributed by atoms with Crippen LogP contribution in [0, 0.1) is 0 Å². The summed E-state index contributed by atoms with van der Waals surface area (Å²) in [5.41, 5.74) is 2.22. The Morgan fingerprint density at radius 2 is 1.91 bits per heavy atom. The maximum Gasteiger partial charge on any atom is 0.224 e. The molecule has 0 saturated heterocycles. The number of nitrogens with one attached hydrogen (secondary N) is 1. The van der Waals surface area contributed by atoms with Gasteiger partial charge in [0, 0.05) is 27.5 Å². The van der Waals surface area contributed by atoms with E-state index in [0.717, 1.165) is 26.6 Å². The van der Waals surface area contributed by atoms with Crippen LogP contribution in [0.15, 0.2) is 53.0 Å². The molecule has 0 fully saturated rings. The number of carbonyl (C=O) groups is 1. The van der Waals surface area contributed by atoms with E-state index in [2.05, 4.69) is 27.3 Å². The second-order valence-corrected chi connectivity index (χ2v) is 7.30. The largest absolute Gasteiger partial charge is 0.355 e. The van der Waals surface area contributed by atoms with E-state index in [0.29, 0.717) is 13.0 Å². The minimum absolute atomic E-state index is 0.0569. The molecule has 0 aliphatic rings. The minimum atomic E-state index is 0.0569. The molecule has 2 nitrogen and oxygen atoms in total. The van der Waals surface area contributed by atoms with Crippen molar-refractivity contribution >= 4 is 45.2 Å². The first-order valence-electron chi connectivity index (χ1n) is 6.97. The molecule has 2 aromatic carbocycles. The Labute approximate surface area is 148 Å². The molecule has 0 bridgehead atoms. The number of thioether (sulfide) groups is 1. The summed E-state index contributed by atoms with van der Waals surface area (Å²) in [7, 11) is 0. The van der Waals surface area contributed by atoms with Crippen LogP contribution in [0.25, 0.3) is 0 Å². The summed E-state index contributed by atoms with van der Waals surface area (Å²) in [4.78, 5) is 11.8. The van der Waals surface area contributed by atoms with E-state index >= 15 is 0 Å². The zero-order valence-corrected chi connectivity index (χ0v) is 15.2. The molecule has 0 saturated carbocycles. The predicted molar refractivity (Wildman–Crippen MR) is 98.5 cm³/mol. The van der Waals surface area contributed by atoms with Crippen LogP contribution >= 0.6 is 39.3 Å². The van der Waals surface area contributed by atoms with Gasteiger partial charge in [-0.3, -0.25) is 4.79 Å². The van der Waals surface area contributed by atoms with Gasteiger partial charge < -0.3 is 5.32 Å². The van der Waals surface area contributed by atoms with Gasteiger partial charge in [-0.2, -0.15) is 11.8 Å². The molecule has 0 atom stereocenters. The third-order valence-electron chi connectivity index (χ3n) is 2.98. The van der Waals surface area contributed by atoms with Crippen molar-refractivity contribution < 1.29 is 4.79 Å². The van der Waals surface area contributed by atoms with Crippen molar-refractivity contribution in [3.63, 3.8) is 0 Å². The van der Waals surface area contributed by atoms with Crippen LogP contribution in [0.5, 0.6) is 0 Å². The summed E-state index contributed by atoms with van der Waals surface area (Å²) in [5, 5.41) is 3.71. The number of hydrogen-bond donors (Lipinski definition) is 1. The molecule has 1 amide bonds. The lowest BCUT2D eigenvalue weighted by Gasteiger charge is -2.06. The highest BCUT2D eigenvalue weighted by Crippen LogP contribution is 2.16. The van der Waals surface area contributed by atoms with E-state index < -0.39 is 0 Å². The number of rotatable bonds is 7. The molecule has 2 aromatic rings. The van der Waals surface area contributed by atoms with E-state index in [-0.39, 0.29) is 5.91 Å². The maximum atomic E-state index is 11.8. The van der Waals surface area contributed by atoms with Gasteiger partial charge in [-0.05, 0) is 35.4 Å². The Balaban J connectivity index is 1.63. The molecular weight excluding hydrogens is 382 g/mol. The second-order valence-electron chi connectivity index (χ2n) is 4.84. The molecule has 0 radical (unpaired) electrons. The first-order valence-corrected chi connectivity index (χ1v) is 9.29. The van der Waals surface area contributed by atoms with Crippen molar-refractivity contribution in [3.8, 4) is 0 Å². The summed E-state index contributed by atoms with van der Waals surface area (Å²) in [6.45, 7) is 0.679. The molecule has 0 heterocycles. The van der Waals surface area contributed by atoms with Gasteiger partial charge in [-0.25, -0.2) is 0 Å². The van der Waals surface area contributed by atoms with Gasteiger partial charge in [-0.15, -0.1) is 0 Å². The van der Waals surface area contributed by atoms with Gasteiger partial charge in [-0.1, -0.05) is 51.8 Å². The Hall–Kier alpha value is -0.970. The lowest BCUT2D eigenvalue weighted by molar-refractivity contribution is -0.120. The molecule has 116 valence electrons. The number of hydrogen-bond acceptors (Lipinski definition) is 2. The van der Waals surface area contributed by atoms with Crippen LogP contribution < -0.4 is 5.32 Å². The van der Waals surface area contributed by atoms with E-state index in [4.69, 9.17) is 11.6 Å². The highest BCUT2D eigenvalue weighted by molar-refractivity contribution is 9.10. The topological polar surface area (TPSA) is 29.1 Å². The summed E-state index contributed by atoms with van der Waals surface area (Å²) in [6, 6.07) is 15.7. The summed E-state index contributed by atoms with van der Waals surface area (Å²) in [5.74, 6) is 1.85. The van der Waals surface area contributed by atoms with Crippen molar-refractivity contribution in [1.82, 2.24) is 5.32 Å². The molecule has 0 aliphatic carbocycles. The van der Waals surface area contributed by atoms with Crippen molar-refractivity contribution in [2.45, 2.75) is 12.2 Å². The maximum absolute atomic E-state index is 11.8. The van der Waals surface area contributed by atoms with Gasteiger partial charge in [0.15, 0.2) is 0 Å². The smallest absolute Gasteiger partial charge is 0.224 e. The van der Waals surface area contributed by atoms with E-state index in [9.17, 15) is 4.79 Å². The molecule has 0 spiro atoms. The molecular formula is C17H17BrClNOS. The fraction of sp³-hybridized carbons (Fsp3) is 0.235. The molecule has 0 aliphatic heterocycles. The van der Waals surface area contributed by atoms with Crippen LogP contribution in [0.4, 0.5) is 0 Å². The standard InChI is InChI=1S/C17H17BrClNOS/c18-15-5-1-3-13(9-15)11-17(21)20-7-8-22-12-14-4-2-6-16(19)10-14/h1-6,9-10H,7-8,11-12H2,(H,20,21). The highest BCUT2D eigenvalue weighted by atomic mass is 79.9. The van der Waals surface area contributed by atoms with Gasteiger partial charge in [0.2, 0.25) is 5.91 Å². The fourth-order valence-electron chi connectivity index (χ4n) is 1.97. The van der Waals surface area contributed by atoms with E-state index in [1.54, 1.807) is 11.8 Å². The van der Waals surface area contributed by atoms with Crippen molar-refractivity contribution in [2.75, 3.05) is 12.3 Å². The second kappa shape index (κ2) is 9.23. The van der Waals surface area contributed by atoms with Gasteiger partial charge in [0.05, 0.1) is 6.42 Å². The Morgan fingerprint density at radius 3 is 2.68 bits per heavy atom. The molecule has 22 heavy (non-hydrogen) atoms. The zero-order valence-electron chi connectivity index (χ0n) is 12.0. The Morgan fingerprint density at radius 1 is 1.14 bits per heavy atom. The first kappa shape index (κ1) is 17.4. The fourth-order valence-corrected chi connectivity index (χ4v) is 3.44. The average Bonchev–Trinajstić information content (AvgIpc) is 2.47. The zero-order chi connectivity index (χ0) is 15.8. The van der Waals surface area contributed by atoms with Crippen molar-refractivity contribution in [1.29, 1.82) is 0 Å². The molecule has 0 unspecified atom stereocenters. The summed E-state index contributed by atoms with van der Waals surface area (Å²) >= 11 is 11.1. The number of carbonyl (C=O) groups excluding carboxylic acids is 1. The molecule has 1 N–H and O–H groups in total. The Kier molecular flexibility index (Phi) is 7.30. The monoisotopic (exact) mass is 397 g/mol. The van der Waals surface area contributed by atoms with E-state index in [1.165, 1.54) is 5.56 Å². The lowest BCUT2D eigenvalue weighted by Crippen LogP contribution is -2.27. The van der Waals surface area contributed by atoms with Crippen LogP contribution in [-0.4, -0.2) is 18.2 Å². The van der Waals surface area contributed by atoms with Crippen LogP contribution in [-0.2, 0) is 17.0 Å². The van der Waals surface area contributed by atoms with Crippen LogP contribution in [0.1, 0.15) is 11.1 Å². The summed E-state index contributed by atoms with van der Waals surface area (Å²) in [6.07, 6.45) is 0.415. The third kappa shape index (κ3) is 6.42. The van der Waals surface area contributed by atoms with Gasteiger partial charge in [0.1, 0.15) is 0 Å². The van der Waals surface area contributed by atoms with Gasteiger partial charge in [0.25, 0.3) is 0 Å². The predicted octanol–water partition coefficient (Wildman–Crippen LogP) is 4.69. The van der Waals surface area contributed by atoms with Crippen molar-refractivity contribution in [3.05, 3.63) is 69.2 Å².